The number of halogens is 1. The van der Waals surface area contributed by atoms with E-state index in [2.05, 4.69) is 4.72 Å². The minimum Gasteiger partial charge on any atom is -0.378 e. The second-order valence-electron chi connectivity index (χ2n) is 4.81. The van der Waals surface area contributed by atoms with Gasteiger partial charge in [-0.3, -0.25) is 0 Å². The average molecular weight is 284 g/mol. The average Bonchev–Trinajstić information content (AvgIpc) is 2.20. The van der Waals surface area contributed by atoms with E-state index < -0.39 is 10.0 Å². The molecule has 0 aromatic heterocycles. The van der Waals surface area contributed by atoms with Gasteiger partial charge in [-0.1, -0.05) is 0 Å². The summed E-state index contributed by atoms with van der Waals surface area (Å²) in [5, 5.41) is 0.208. The SMILES string of the molecule is CC(C)OCCS(=O)(=O)NC1CCC(Cl)CC1. The maximum atomic E-state index is 11.7. The Kier molecular flexibility index (Phi) is 6.20. The maximum absolute atomic E-state index is 11.7. The smallest absolute Gasteiger partial charge is 0.214 e. The van der Waals surface area contributed by atoms with Crippen LogP contribution < -0.4 is 4.72 Å². The van der Waals surface area contributed by atoms with E-state index in [1.807, 2.05) is 13.8 Å². The van der Waals surface area contributed by atoms with Crippen molar-refractivity contribution < 1.29 is 13.2 Å². The van der Waals surface area contributed by atoms with Crippen molar-refractivity contribution in [3.8, 4) is 0 Å². The van der Waals surface area contributed by atoms with Crippen LogP contribution in [0.5, 0.6) is 0 Å². The zero-order valence-electron chi connectivity index (χ0n) is 10.5. The van der Waals surface area contributed by atoms with Gasteiger partial charge in [0.15, 0.2) is 0 Å². The molecule has 4 nitrogen and oxygen atoms in total. The fourth-order valence-electron chi connectivity index (χ4n) is 1.88. The second-order valence-corrected chi connectivity index (χ2v) is 7.30. The Labute approximate surface area is 109 Å². The van der Waals surface area contributed by atoms with E-state index >= 15 is 0 Å². The molecule has 0 unspecified atom stereocenters. The van der Waals surface area contributed by atoms with Crippen molar-refractivity contribution in [2.75, 3.05) is 12.4 Å². The van der Waals surface area contributed by atoms with Crippen molar-refractivity contribution in [1.29, 1.82) is 0 Å². The lowest BCUT2D eigenvalue weighted by Crippen LogP contribution is -2.39. The summed E-state index contributed by atoms with van der Waals surface area (Å²) in [6.45, 7) is 4.03. The Morgan fingerprint density at radius 3 is 2.41 bits per heavy atom. The number of hydrogen-bond acceptors (Lipinski definition) is 3. The molecule has 6 heteroatoms. The minimum atomic E-state index is -3.21. The highest BCUT2D eigenvalue weighted by Gasteiger charge is 2.23. The van der Waals surface area contributed by atoms with Crippen LogP contribution in [0.1, 0.15) is 39.5 Å². The van der Waals surface area contributed by atoms with Crippen LogP contribution in [0.15, 0.2) is 0 Å². The van der Waals surface area contributed by atoms with Gasteiger partial charge in [0.05, 0.1) is 18.5 Å². The number of alkyl halides is 1. The normalized spacial score (nSPS) is 26.4. The van der Waals surface area contributed by atoms with Crippen molar-refractivity contribution in [3.63, 3.8) is 0 Å². The van der Waals surface area contributed by atoms with Crippen LogP contribution in [-0.2, 0) is 14.8 Å². The van der Waals surface area contributed by atoms with E-state index in [4.69, 9.17) is 16.3 Å². The first-order valence-corrected chi connectivity index (χ1v) is 8.23. The third-order valence-corrected chi connectivity index (χ3v) is 4.64. The summed E-state index contributed by atoms with van der Waals surface area (Å²) < 4.78 is 31.4. The predicted octanol–water partition coefficient (Wildman–Crippen LogP) is 1.88. The van der Waals surface area contributed by atoms with Gasteiger partial charge >= 0.3 is 0 Å². The van der Waals surface area contributed by atoms with Gasteiger partial charge in [-0.25, -0.2) is 13.1 Å². The van der Waals surface area contributed by atoms with Crippen LogP contribution in [0.4, 0.5) is 0 Å². The van der Waals surface area contributed by atoms with Gasteiger partial charge in [-0.2, -0.15) is 0 Å². The lowest BCUT2D eigenvalue weighted by Gasteiger charge is -2.25. The Morgan fingerprint density at radius 2 is 1.88 bits per heavy atom. The van der Waals surface area contributed by atoms with E-state index in [1.54, 1.807) is 0 Å². The monoisotopic (exact) mass is 283 g/mol. The molecular weight excluding hydrogens is 262 g/mol. The summed E-state index contributed by atoms with van der Waals surface area (Å²) in [6.07, 6.45) is 3.50. The minimum absolute atomic E-state index is 0.0337. The molecule has 1 aliphatic rings. The molecule has 1 saturated carbocycles. The van der Waals surface area contributed by atoms with Crippen LogP contribution in [0.2, 0.25) is 0 Å². The van der Waals surface area contributed by atoms with Crippen molar-refractivity contribution in [3.05, 3.63) is 0 Å². The largest absolute Gasteiger partial charge is 0.378 e. The molecule has 1 rings (SSSR count). The van der Waals surface area contributed by atoms with Crippen molar-refractivity contribution in [1.82, 2.24) is 4.72 Å². The number of ether oxygens (including phenoxy) is 1. The zero-order chi connectivity index (χ0) is 12.9. The quantitative estimate of drug-likeness (QED) is 0.757. The van der Waals surface area contributed by atoms with Gasteiger partial charge in [0.1, 0.15) is 0 Å². The van der Waals surface area contributed by atoms with Gasteiger partial charge in [-0.15, -0.1) is 11.6 Å². The zero-order valence-corrected chi connectivity index (χ0v) is 12.1. The van der Waals surface area contributed by atoms with Crippen molar-refractivity contribution in [2.45, 2.75) is 57.1 Å². The molecule has 17 heavy (non-hydrogen) atoms. The molecule has 1 N–H and O–H groups in total. The molecule has 1 aliphatic carbocycles. The summed E-state index contributed by atoms with van der Waals surface area (Å²) in [6, 6.07) is 0.0500. The molecule has 102 valence electrons. The summed E-state index contributed by atoms with van der Waals surface area (Å²) in [7, 11) is -3.21. The highest BCUT2D eigenvalue weighted by Crippen LogP contribution is 2.23. The third-order valence-electron chi connectivity index (χ3n) is 2.81. The van der Waals surface area contributed by atoms with Gasteiger partial charge in [0, 0.05) is 11.4 Å². The topological polar surface area (TPSA) is 55.4 Å². The van der Waals surface area contributed by atoms with E-state index in [0.29, 0.717) is 0 Å². The molecule has 0 aromatic carbocycles. The van der Waals surface area contributed by atoms with Crippen LogP contribution in [0.3, 0.4) is 0 Å². The Balaban J connectivity index is 2.28. The van der Waals surface area contributed by atoms with Crippen molar-refractivity contribution in [2.24, 2.45) is 0 Å². The molecule has 0 aromatic rings. The molecular formula is C11H22ClNO3S. The molecule has 0 heterocycles. The first-order chi connectivity index (χ1) is 7.89. The molecule has 0 saturated heterocycles. The highest BCUT2D eigenvalue weighted by atomic mass is 35.5. The van der Waals surface area contributed by atoms with Gasteiger partial charge in [0.2, 0.25) is 10.0 Å². The van der Waals surface area contributed by atoms with Crippen molar-refractivity contribution >= 4 is 21.6 Å². The molecule has 0 atom stereocenters. The number of rotatable bonds is 6. The fraction of sp³-hybridized carbons (Fsp3) is 1.00. The molecule has 0 aliphatic heterocycles. The lowest BCUT2D eigenvalue weighted by atomic mass is 9.96. The molecule has 1 fully saturated rings. The first kappa shape index (κ1) is 15.2. The maximum Gasteiger partial charge on any atom is 0.214 e. The molecule has 0 bridgehead atoms. The summed E-state index contributed by atoms with van der Waals surface area (Å²) >= 11 is 5.97. The highest BCUT2D eigenvalue weighted by molar-refractivity contribution is 7.89. The summed E-state index contributed by atoms with van der Waals surface area (Å²) in [4.78, 5) is 0. The summed E-state index contributed by atoms with van der Waals surface area (Å²) in [5.41, 5.74) is 0. The Bertz CT molecular complexity index is 311. The van der Waals surface area contributed by atoms with Crippen LogP contribution >= 0.6 is 11.6 Å². The molecule has 0 radical (unpaired) electrons. The number of sulfonamides is 1. The Morgan fingerprint density at radius 1 is 1.29 bits per heavy atom. The van der Waals surface area contributed by atoms with E-state index in [9.17, 15) is 8.42 Å². The van der Waals surface area contributed by atoms with Gasteiger partial charge in [-0.05, 0) is 39.5 Å². The van der Waals surface area contributed by atoms with Gasteiger partial charge in [0.25, 0.3) is 0 Å². The third kappa shape index (κ3) is 6.60. The fourth-order valence-corrected chi connectivity index (χ4v) is 3.31. The van der Waals surface area contributed by atoms with Gasteiger partial charge < -0.3 is 4.74 Å². The Hall–Kier alpha value is 0.160. The summed E-state index contributed by atoms with van der Waals surface area (Å²) in [5.74, 6) is 0.0337. The van der Waals surface area contributed by atoms with E-state index in [-0.39, 0.29) is 29.9 Å². The first-order valence-electron chi connectivity index (χ1n) is 6.15. The van der Waals surface area contributed by atoms with E-state index in [0.717, 1.165) is 25.7 Å². The van der Waals surface area contributed by atoms with Crippen LogP contribution in [0.25, 0.3) is 0 Å². The standard InChI is InChI=1S/C11H22ClNO3S/c1-9(2)16-7-8-17(14,15)13-11-5-3-10(12)4-6-11/h9-11,13H,3-8H2,1-2H3. The molecule has 0 amide bonds. The number of nitrogens with one attached hydrogen (secondary N) is 1. The second kappa shape index (κ2) is 6.92. The van der Waals surface area contributed by atoms with Crippen LogP contribution in [0, 0.1) is 0 Å². The lowest BCUT2D eigenvalue weighted by molar-refractivity contribution is 0.0911. The van der Waals surface area contributed by atoms with Crippen LogP contribution in [-0.4, -0.2) is 38.3 Å². The number of hydrogen-bond donors (Lipinski definition) is 1. The van der Waals surface area contributed by atoms with E-state index in [1.165, 1.54) is 0 Å². The molecule has 0 spiro atoms. The predicted molar refractivity (Wildman–Crippen MR) is 69.9 cm³/mol.